The Morgan fingerprint density at radius 2 is 1.82 bits per heavy atom. The molecule has 0 spiro atoms. The van der Waals surface area contributed by atoms with Crippen molar-refractivity contribution in [2.75, 3.05) is 0 Å². The zero-order valence-corrected chi connectivity index (χ0v) is 11.7. The first-order valence-electron chi connectivity index (χ1n) is 5.21. The highest BCUT2D eigenvalue weighted by atomic mass is 79.9. The van der Waals surface area contributed by atoms with Crippen molar-refractivity contribution in [1.29, 1.82) is 0 Å². The van der Waals surface area contributed by atoms with E-state index in [1.165, 1.54) is 0 Å². The van der Waals surface area contributed by atoms with Crippen LogP contribution in [0.5, 0.6) is 0 Å². The molecule has 0 aliphatic carbocycles. The Bertz CT molecular complexity index is 547. The van der Waals surface area contributed by atoms with Gasteiger partial charge in [0.2, 0.25) is 0 Å². The number of benzene rings is 2. The normalized spacial score (nSPS) is 11.0. The van der Waals surface area contributed by atoms with Gasteiger partial charge < -0.3 is 0 Å². The lowest BCUT2D eigenvalue weighted by Crippen LogP contribution is -1.79. The second-order valence-corrected chi connectivity index (χ2v) is 5.07. The zero-order chi connectivity index (χ0) is 12.3. The summed E-state index contributed by atoms with van der Waals surface area (Å²) in [5, 5.41) is 0.746. The third-order valence-electron chi connectivity index (χ3n) is 2.39. The lowest BCUT2D eigenvalue weighted by Gasteiger charge is -1.99. The summed E-state index contributed by atoms with van der Waals surface area (Å²) in [5.41, 5.74) is 2.99. The molecule has 1 nitrogen and oxygen atoms in total. The van der Waals surface area contributed by atoms with Gasteiger partial charge in [-0.1, -0.05) is 45.7 Å². The summed E-state index contributed by atoms with van der Waals surface area (Å²) < 4.78 is 1.06. The summed E-state index contributed by atoms with van der Waals surface area (Å²) in [6.45, 7) is 1.98. The predicted molar refractivity (Wildman–Crippen MR) is 77.6 cm³/mol. The topological polar surface area (TPSA) is 12.4 Å². The fourth-order valence-electron chi connectivity index (χ4n) is 1.36. The first-order chi connectivity index (χ1) is 8.15. The summed E-state index contributed by atoms with van der Waals surface area (Å²) in [7, 11) is 0. The van der Waals surface area contributed by atoms with E-state index in [0.29, 0.717) is 0 Å². The van der Waals surface area contributed by atoms with Gasteiger partial charge in [-0.2, -0.15) is 0 Å². The largest absolute Gasteiger partial charge is 0.256 e. The smallest absolute Gasteiger partial charge is 0.0644 e. The van der Waals surface area contributed by atoms with Crippen LogP contribution in [0.25, 0.3) is 0 Å². The van der Waals surface area contributed by atoms with Crippen molar-refractivity contribution in [1.82, 2.24) is 0 Å². The van der Waals surface area contributed by atoms with Gasteiger partial charge in [0.15, 0.2) is 0 Å². The fourth-order valence-corrected chi connectivity index (χ4v) is 1.80. The SMILES string of the molecule is Cc1ccc(N=Cc2ccc(Br)cc2)cc1Cl. The van der Waals surface area contributed by atoms with E-state index in [1.54, 1.807) is 0 Å². The van der Waals surface area contributed by atoms with Crippen LogP contribution >= 0.6 is 27.5 Å². The Morgan fingerprint density at radius 3 is 2.47 bits per heavy atom. The van der Waals surface area contributed by atoms with E-state index in [9.17, 15) is 0 Å². The van der Waals surface area contributed by atoms with Gasteiger partial charge in [-0.3, -0.25) is 4.99 Å². The van der Waals surface area contributed by atoms with Crippen LogP contribution in [0, 0.1) is 6.92 Å². The number of hydrogen-bond donors (Lipinski definition) is 0. The van der Waals surface area contributed by atoms with E-state index >= 15 is 0 Å². The van der Waals surface area contributed by atoms with Crippen molar-refractivity contribution in [3.8, 4) is 0 Å². The lowest BCUT2D eigenvalue weighted by molar-refractivity contribution is 1.44. The van der Waals surface area contributed by atoms with E-state index < -0.39 is 0 Å². The molecular formula is C14H11BrClN. The molecule has 0 unspecified atom stereocenters. The van der Waals surface area contributed by atoms with Crippen molar-refractivity contribution < 1.29 is 0 Å². The highest BCUT2D eigenvalue weighted by molar-refractivity contribution is 9.10. The van der Waals surface area contributed by atoms with Gasteiger partial charge >= 0.3 is 0 Å². The minimum absolute atomic E-state index is 0.746. The number of rotatable bonds is 2. The predicted octanol–water partition coefficient (Wildman–Crippen LogP) is 5.16. The summed E-state index contributed by atoms with van der Waals surface area (Å²) in [4.78, 5) is 4.38. The van der Waals surface area contributed by atoms with Gasteiger partial charge in [-0.15, -0.1) is 0 Å². The summed E-state index contributed by atoms with van der Waals surface area (Å²) in [6, 6.07) is 13.8. The molecule has 0 radical (unpaired) electrons. The summed E-state index contributed by atoms with van der Waals surface area (Å²) in [6.07, 6.45) is 1.83. The maximum atomic E-state index is 6.04. The van der Waals surface area contributed by atoms with E-state index in [2.05, 4.69) is 20.9 Å². The Labute approximate surface area is 114 Å². The monoisotopic (exact) mass is 307 g/mol. The molecule has 17 heavy (non-hydrogen) atoms. The molecule has 2 rings (SSSR count). The maximum Gasteiger partial charge on any atom is 0.0644 e. The molecule has 2 aromatic carbocycles. The van der Waals surface area contributed by atoms with Crippen molar-refractivity contribution >= 4 is 39.4 Å². The lowest BCUT2D eigenvalue weighted by atomic mass is 10.2. The molecule has 0 aromatic heterocycles. The summed E-state index contributed by atoms with van der Waals surface area (Å²) >= 11 is 9.43. The van der Waals surface area contributed by atoms with E-state index in [-0.39, 0.29) is 0 Å². The minimum atomic E-state index is 0.746. The molecule has 0 amide bonds. The number of aryl methyl sites for hydroxylation is 1. The van der Waals surface area contributed by atoms with Crippen LogP contribution in [-0.2, 0) is 0 Å². The first-order valence-corrected chi connectivity index (χ1v) is 6.38. The molecule has 86 valence electrons. The zero-order valence-electron chi connectivity index (χ0n) is 9.32. The third-order valence-corrected chi connectivity index (χ3v) is 3.32. The van der Waals surface area contributed by atoms with Crippen LogP contribution in [0.1, 0.15) is 11.1 Å². The standard InChI is InChI=1S/C14H11BrClN/c1-10-2-7-13(8-14(10)16)17-9-11-3-5-12(15)6-4-11/h2-9H,1H3. The van der Waals surface area contributed by atoms with Crippen LogP contribution in [0.4, 0.5) is 5.69 Å². The van der Waals surface area contributed by atoms with Gasteiger partial charge in [0.05, 0.1) is 5.69 Å². The Morgan fingerprint density at radius 1 is 1.12 bits per heavy atom. The van der Waals surface area contributed by atoms with Gasteiger partial charge in [-0.25, -0.2) is 0 Å². The quantitative estimate of drug-likeness (QED) is 0.679. The molecular weight excluding hydrogens is 298 g/mol. The van der Waals surface area contributed by atoms with Crippen LogP contribution in [0.2, 0.25) is 5.02 Å². The molecule has 2 aromatic rings. The van der Waals surface area contributed by atoms with Gasteiger partial charge in [0, 0.05) is 15.7 Å². The molecule has 0 fully saturated rings. The molecule has 0 atom stereocenters. The molecule has 0 saturated carbocycles. The number of halogens is 2. The van der Waals surface area contributed by atoms with Crippen molar-refractivity contribution in [2.24, 2.45) is 4.99 Å². The second-order valence-electron chi connectivity index (χ2n) is 3.74. The van der Waals surface area contributed by atoms with Crippen LogP contribution < -0.4 is 0 Å². The van der Waals surface area contributed by atoms with E-state index in [4.69, 9.17) is 11.6 Å². The highest BCUT2D eigenvalue weighted by Gasteiger charge is 1.95. The number of hydrogen-bond acceptors (Lipinski definition) is 1. The molecule has 0 heterocycles. The molecule has 0 bridgehead atoms. The van der Waals surface area contributed by atoms with Gasteiger partial charge in [0.1, 0.15) is 0 Å². The third kappa shape index (κ3) is 3.42. The fraction of sp³-hybridized carbons (Fsp3) is 0.0714. The molecule has 0 saturated heterocycles. The number of aliphatic imine (C=N–C) groups is 1. The minimum Gasteiger partial charge on any atom is -0.256 e. The van der Waals surface area contributed by atoms with Crippen molar-refractivity contribution in [3.63, 3.8) is 0 Å². The van der Waals surface area contributed by atoms with E-state index in [0.717, 1.165) is 26.3 Å². The first kappa shape index (κ1) is 12.3. The Hall–Kier alpha value is -1.12. The average molecular weight is 309 g/mol. The Kier molecular flexibility index (Phi) is 3.97. The maximum absolute atomic E-state index is 6.04. The van der Waals surface area contributed by atoms with Gasteiger partial charge in [0.25, 0.3) is 0 Å². The van der Waals surface area contributed by atoms with Crippen LogP contribution in [-0.4, -0.2) is 6.21 Å². The van der Waals surface area contributed by atoms with Crippen molar-refractivity contribution in [2.45, 2.75) is 6.92 Å². The van der Waals surface area contributed by atoms with Crippen LogP contribution in [0.15, 0.2) is 51.9 Å². The molecule has 0 aliphatic heterocycles. The molecule has 0 aliphatic rings. The average Bonchev–Trinajstić information content (AvgIpc) is 2.33. The van der Waals surface area contributed by atoms with Gasteiger partial charge in [-0.05, 0) is 42.3 Å². The number of nitrogens with zero attached hydrogens (tertiary/aromatic N) is 1. The highest BCUT2D eigenvalue weighted by Crippen LogP contribution is 2.22. The van der Waals surface area contributed by atoms with Crippen LogP contribution in [0.3, 0.4) is 0 Å². The van der Waals surface area contributed by atoms with Crippen molar-refractivity contribution in [3.05, 3.63) is 63.1 Å². The summed E-state index contributed by atoms with van der Waals surface area (Å²) in [5.74, 6) is 0. The van der Waals surface area contributed by atoms with E-state index in [1.807, 2.05) is 55.6 Å². The second kappa shape index (κ2) is 5.48. The molecule has 3 heteroatoms. The molecule has 0 N–H and O–H groups in total. The Balaban J connectivity index is 2.20.